The predicted octanol–water partition coefficient (Wildman–Crippen LogP) is 6.15. The molecule has 33 heavy (non-hydrogen) atoms. The van der Waals surface area contributed by atoms with E-state index in [1.807, 2.05) is 32.0 Å². The molecule has 2 heterocycles. The van der Waals surface area contributed by atoms with Crippen molar-refractivity contribution in [1.29, 1.82) is 0 Å². The molecule has 0 radical (unpaired) electrons. The van der Waals surface area contributed by atoms with E-state index in [1.54, 1.807) is 18.3 Å². The summed E-state index contributed by atoms with van der Waals surface area (Å²) < 4.78 is 34.1. The summed E-state index contributed by atoms with van der Waals surface area (Å²) >= 11 is 1.48. The lowest BCUT2D eigenvalue weighted by molar-refractivity contribution is 0.0709. The van der Waals surface area contributed by atoms with Crippen LogP contribution in [-0.4, -0.2) is 26.5 Å². The van der Waals surface area contributed by atoms with Gasteiger partial charge in [0, 0.05) is 18.3 Å². The quantitative estimate of drug-likeness (QED) is 0.291. The molecule has 0 atom stereocenters. The van der Waals surface area contributed by atoms with Crippen molar-refractivity contribution in [3.05, 3.63) is 88.9 Å². The maximum atomic E-state index is 14.4. The van der Waals surface area contributed by atoms with Crippen molar-refractivity contribution >= 4 is 28.8 Å². The minimum atomic E-state index is -0.589. The van der Waals surface area contributed by atoms with Crippen LogP contribution in [0.25, 0.3) is 11.1 Å². The molecule has 0 unspecified atom stereocenters. The lowest BCUT2D eigenvalue weighted by Crippen LogP contribution is -2.31. The molecule has 0 fully saturated rings. The van der Waals surface area contributed by atoms with Crippen LogP contribution in [0, 0.1) is 18.6 Å². The fourth-order valence-electron chi connectivity index (χ4n) is 3.42. The highest BCUT2D eigenvalue weighted by Gasteiger charge is 2.24. The smallest absolute Gasteiger partial charge is 0.257 e. The Morgan fingerprint density at radius 1 is 1.12 bits per heavy atom. The Balaban J connectivity index is 1.70. The summed E-state index contributed by atoms with van der Waals surface area (Å²) in [7, 11) is 0. The number of benzene rings is 2. The van der Waals surface area contributed by atoms with Crippen LogP contribution in [0.15, 0.2) is 64.2 Å². The van der Waals surface area contributed by atoms with Gasteiger partial charge in [-0.05, 0) is 67.1 Å². The van der Waals surface area contributed by atoms with Crippen molar-refractivity contribution < 1.29 is 18.0 Å². The van der Waals surface area contributed by atoms with Gasteiger partial charge in [0.15, 0.2) is 5.58 Å². The van der Waals surface area contributed by atoms with Gasteiger partial charge in [-0.2, -0.15) is 0 Å². The molecule has 4 rings (SSSR count). The summed E-state index contributed by atoms with van der Waals surface area (Å²) in [5.74, 6) is -0.401. The highest BCUT2D eigenvalue weighted by molar-refractivity contribution is 7.99. The van der Waals surface area contributed by atoms with E-state index in [2.05, 4.69) is 9.97 Å². The largest absolute Gasteiger partial charge is 0.439 e. The molecule has 0 spiro atoms. The highest BCUT2D eigenvalue weighted by Crippen LogP contribution is 2.25. The summed E-state index contributed by atoms with van der Waals surface area (Å²) in [5, 5.41) is 0.599. The second kappa shape index (κ2) is 10.1. The topological polar surface area (TPSA) is 59.2 Å². The monoisotopic (exact) mass is 467 g/mol. The van der Waals surface area contributed by atoms with Crippen LogP contribution in [0.4, 0.5) is 8.78 Å². The Morgan fingerprint density at radius 3 is 2.79 bits per heavy atom. The van der Waals surface area contributed by atoms with E-state index < -0.39 is 11.6 Å². The first-order valence-electron chi connectivity index (χ1n) is 10.6. The number of aryl methyl sites for hydroxylation is 1. The highest BCUT2D eigenvalue weighted by atomic mass is 32.2. The molecule has 0 saturated carbocycles. The summed E-state index contributed by atoms with van der Waals surface area (Å²) in [5.41, 5.74) is 2.78. The van der Waals surface area contributed by atoms with Gasteiger partial charge in [0.25, 0.3) is 5.91 Å². The summed E-state index contributed by atoms with van der Waals surface area (Å²) in [4.78, 5) is 23.8. The number of oxazole rings is 1. The van der Waals surface area contributed by atoms with Crippen LogP contribution in [0.5, 0.6) is 0 Å². The molecule has 0 aliphatic heterocycles. The first kappa shape index (κ1) is 22.9. The van der Waals surface area contributed by atoms with Crippen molar-refractivity contribution in [2.45, 2.75) is 38.4 Å². The van der Waals surface area contributed by atoms with Gasteiger partial charge in [-0.3, -0.25) is 4.79 Å². The number of hydrogen-bond acceptors (Lipinski definition) is 5. The molecule has 0 aliphatic rings. The number of aromatic nitrogens is 2. The maximum absolute atomic E-state index is 14.4. The Kier molecular flexibility index (Phi) is 7.03. The zero-order chi connectivity index (χ0) is 23.4. The third-order valence-corrected chi connectivity index (χ3v) is 6.23. The van der Waals surface area contributed by atoms with E-state index in [1.165, 1.54) is 16.7 Å². The average molecular weight is 468 g/mol. The van der Waals surface area contributed by atoms with E-state index in [0.717, 1.165) is 35.9 Å². The molecule has 0 saturated heterocycles. The lowest BCUT2D eigenvalue weighted by atomic mass is 10.1. The van der Waals surface area contributed by atoms with Gasteiger partial charge in [0.05, 0.1) is 12.1 Å². The normalized spacial score (nSPS) is 11.2. The van der Waals surface area contributed by atoms with Crippen LogP contribution < -0.4 is 0 Å². The van der Waals surface area contributed by atoms with Crippen molar-refractivity contribution in [2.75, 3.05) is 5.75 Å². The van der Waals surface area contributed by atoms with E-state index in [4.69, 9.17) is 4.42 Å². The minimum absolute atomic E-state index is 0.00467. The number of amides is 1. The van der Waals surface area contributed by atoms with Crippen LogP contribution in [-0.2, 0) is 13.1 Å². The molecule has 5 nitrogen and oxygen atoms in total. The van der Waals surface area contributed by atoms with Gasteiger partial charge >= 0.3 is 0 Å². The first-order chi connectivity index (χ1) is 15.9. The van der Waals surface area contributed by atoms with E-state index in [-0.39, 0.29) is 24.6 Å². The van der Waals surface area contributed by atoms with Crippen LogP contribution >= 0.6 is 11.8 Å². The van der Waals surface area contributed by atoms with E-state index >= 15 is 0 Å². The van der Waals surface area contributed by atoms with Gasteiger partial charge in [-0.15, -0.1) is 11.8 Å². The zero-order valence-electron chi connectivity index (χ0n) is 18.3. The second-order valence-corrected chi connectivity index (χ2v) is 8.76. The van der Waals surface area contributed by atoms with Gasteiger partial charge in [0.2, 0.25) is 5.89 Å². The summed E-state index contributed by atoms with van der Waals surface area (Å²) in [6, 6.07) is 12.2. The van der Waals surface area contributed by atoms with Crippen molar-refractivity contribution in [3.63, 3.8) is 0 Å². The summed E-state index contributed by atoms with van der Waals surface area (Å²) in [6.07, 6.45) is 2.56. The van der Waals surface area contributed by atoms with E-state index in [9.17, 15) is 13.6 Å². The molecular weight excluding hydrogens is 444 g/mol. The second-order valence-electron chi connectivity index (χ2n) is 7.68. The lowest BCUT2D eigenvalue weighted by Gasteiger charge is -2.22. The number of carbonyl (C=O) groups excluding carboxylic acids is 1. The number of fused-ring (bicyclic) bond motifs is 1. The Hall–Kier alpha value is -3.26. The Morgan fingerprint density at radius 2 is 1.97 bits per heavy atom. The standard InChI is InChI=1S/C25H23F2N3O2S/c1-3-11-33-24-19(5-4-10-28-24)25(31)30(14-17-13-18(26)7-8-20(17)27)15-23-29-21-12-16(2)6-9-22(21)32-23/h4-10,12-13H,3,11,14-15H2,1-2H3. The fourth-order valence-corrected chi connectivity index (χ4v) is 4.27. The number of thioether (sulfide) groups is 1. The maximum Gasteiger partial charge on any atom is 0.257 e. The minimum Gasteiger partial charge on any atom is -0.439 e. The van der Waals surface area contributed by atoms with Crippen LogP contribution in [0.1, 0.15) is 40.7 Å². The number of halogens is 2. The molecule has 0 bridgehead atoms. The average Bonchev–Trinajstić information content (AvgIpc) is 3.20. The number of rotatable bonds is 8. The molecule has 0 aliphatic carbocycles. The third kappa shape index (κ3) is 5.39. The molecule has 0 N–H and O–H groups in total. The number of nitrogens with zero attached hydrogens (tertiary/aromatic N) is 3. The number of carbonyl (C=O) groups is 1. The van der Waals surface area contributed by atoms with Crippen LogP contribution in [0.2, 0.25) is 0 Å². The Labute approximate surface area is 194 Å². The van der Waals surface area contributed by atoms with Crippen molar-refractivity contribution in [1.82, 2.24) is 14.9 Å². The van der Waals surface area contributed by atoms with Gasteiger partial charge in [-0.1, -0.05) is 13.0 Å². The van der Waals surface area contributed by atoms with Crippen molar-refractivity contribution in [2.24, 2.45) is 0 Å². The SMILES string of the molecule is CCCSc1ncccc1C(=O)N(Cc1nc2cc(C)ccc2o1)Cc1cc(F)ccc1F. The molecule has 2 aromatic heterocycles. The number of pyridine rings is 1. The van der Waals surface area contributed by atoms with Gasteiger partial charge in [-0.25, -0.2) is 18.7 Å². The van der Waals surface area contributed by atoms with Crippen LogP contribution in [0.3, 0.4) is 0 Å². The summed E-state index contributed by atoms with van der Waals surface area (Å²) in [6.45, 7) is 3.85. The number of hydrogen-bond donors (Lipinski definition) is 0. The molecule has 4 aromatic rings. The predicted molar refractivity (Wildman–Crippen MR) is 124 cm³/mol. The molecular formula is C25H23F2N3O2S. The van der Waals surface area contributed by atoms with Crippen molar-refractivity contribution in [3.8, 4) is 0 Å². The van der Waals surface area contributed by atoms with E-state index in [0.29, 0.717) is 27.6 Å². The first-order valence-corrected chi connectivity index (χ1v) is 11.6. The van der Waals surface area contributed by atoms with Gasteiger partial charge < -0.3 is 9.32 Å². The van der Waals surface area contributed by atoms with Gasteiger partial charge in [0.1, 0.15) is 22.2 Å². The fraction of sp³-hybridized carbons (Fsp3) is 0.240. The third-order valence-electron chi connectivity index (χ3n) is 5.01. The molecule has 8 heteroatoms. The zero-order valence-corrected chi connectivity index (χ0v) is 19.2. The molecule has 1 amide bonds. The Bertz CT molecular complexity index is 1290. The molecule has 2 aromatic carbocycles. The molecule has 170 valence electrons.